The van der Waals surface area contributed by atoms with Gasteiger partial charge in [-0.1, -0.05) is 6.07 Å². The first-order valence-corrected chi connectivity index (χ1v) is 9.68. The minimum atomic E-state index is -0.258. The Morgan fingerprint density at radius 2 is 2.00 bits per heavy atom. The Balaban J connectivity index is 1.55. The highest BCUT2D eigenvalue weighted by Crippen LogP contribution is 2.36. The van der Waals surface area contributed by atoms with Crippen LogP contribution in [0, 0.1) is 13.8 Å². The first kappa shape index (κ1) is 18.9. The third-order valence-electron chi connectivity index (χ3n) is 5.32. The van der Waals surface area contributed by atoms with E-state index in [1.54, 1.807) is 42.6 Å². The zero-order chi connectivity index (χ0) is 20.4. The van der Waals surface area contributed by atoms with Gasteiger partial charge in [-0.05, 0) is 57.0 Å². The fraction of sp³-hybridized carbons (Fsp3) is 0.273. The van der Waals surface area contributed by atoms with Gasteiger partial charge in [0.1, 0.15) is 0 Å². The fourth-order valence-electron chi connectivity index (χ4n) is 3.96. The summed E-state index contributed by atoms with van der Waals surface area (Å²) in [5, 5.41) is 10.1. The number of aryl methyl sites for hydroxylation is 2. The largest absolute Gasteiger partial charge is 0.331 e. The Labute approximate surface area is 169 Å². The van der Waals surface area contributed by atoms with Crippen LogP contribution in [-0.2, 0) is 0 Å². The number of carbonyl (C=O) groups excluding carboxylic acids is 2. The monoisotopic (exact) mass is 389 g/mol. The number of amides is 2. The van der Waals surface area contributed by atoms with Crippen LogP contribution in [0.5, 0.6) is 0 Å². The second kappa shape index (κ2) is 7.87. The zero-order valence-electron chi connectivity index (χ0n) is 16.5. The molecular weight excluding hydrogens is 366 g/mol. The van der Waals surface area contributed by atoms with Gasteiger partial charge in [-0.25, -0.2) is 0 Å². The molecule has 3 heterocycles. The van der Waals surface area contributed by atoms with Crippen LogP contribution in [0.15, 0.2) is 48.8 Å². The summed E-state index contributed by atoms with van der Waals surface area (Å²) in [7, 11) is 0. The molecule has 0 bridgehead atoms. The van der Waals surface area contributed by atoms with E-state index in [0.29, 0.717) is 23.4 Å². The number of nitrogens with one attached hydrogen (secondary N) is 2. The number of aromatic nitrogens is 3. The molecule has 2 aromatic heterocycles. The number of pyridine rings is 1. The van der Waals surface area contributed by atoms with Crippen molar-refractivity contribution in [2.24, 2.45) is 0 Å². The molecular formula is C22H23N5O2. The number of likely N-dealkylation sites (tertiary alicyclic amines) is 1. The third-order valence-corrected chi connectivity index (χ3v) is 5.32. The number of nitrogens with zero attached hydrogens (tertiary/aromatic N) is 3. The first-order valence-electron chi connectivity index (χ1n) is 9.68. The molecule has 0 radical (unpaired) electrons. The van der Waals surface area contributed by atoms with Gasteiger partial charge in [-0.3, -0.25) is 19.7 Å². The molecule has 0 spiro atoms. The molecule has 29 heavy (non-hydrogen) atoms. The van der Waals surface area contributed by atoms with E-state index in [0.717, 1.165) is 29.8 Å². The van der Waals surface area contributed by atoms with Crippen LogP contribution in [0.4, 0.5) is 5.69 Å². The molecule has 1 unspecified atom stereocenters. The highest BCUT2D eigenvalue weighted by molar-refractivity contribution is 6.05. The van der Waals surface area contributed by atoms with Crippen molar-refractivity contribution >= 4 is 17.5 Å². The number of rotatable bonds is 4. The van der Waals surface area contributed by atoms with Gasteiger partial charge in [0.2, 0.25) is 0 Å². The predicted octanol–water partition coefficient (Wildman–Crippen LogP) is 3.65. The number of H-pyrrole nitrogens is 1. The smallest absolute Gasteiger partial charge is 0.257 e. The predicted molar refractivity (Wildman–Crippen MR) is 110 cm³/mol. The Morgan fingerprint density at radius 3 is 2.72 bits per heavy atom. The molecule has 1 aliphatic heterocycles. The first-order chi connectivity index (χ1) is 14.0. The molecule has 1 fully saturated rings. The molecule has 1 aromatic carbocycles. The summed E-state index contributed by atoms with van der Waals surface area (Å²) in [4.78, 5) is 31.5. The van der Waals surface area contributed by atoms with Crippen LogP contribution >= 0.6 is 0 Å². The lowest BCUT2D eigenvalue weighted by atomic mass is 10.0. The molecule has 4 rings (SSSR count). The SMILES string of the molecule is Cc1n[nH]c(C)c1C1CCCN1C(=O)c1cccc(NC(=O)c2cccnc2)c1. The molecule has 3 aromatic rings. The van der Waals surface area contributed by atoms with Crippen molar-refractivity contribution in [1.29, 1.82) is 0 Å². The van der Waals surface area contributed by atoms with E-state index in [1.165, 1.54) is 6.20 Å². The van der Waals surface area contributed by atoms with Crippen LogP contribution in [0.25, 0.3) is 0 Å². The summed E-state index contributed by atoms with van der Waals surface area (Å²) in [5.41, 5.74) is 4.65. The van der Waals surface area contributed by atoms with Gasteiger partial charge in [0.15, 0.2) is 0 Å². The van der Waals surface area contributed by atoms with E-state index in [1.807, 2.05) is 18.7 Å². The minimum absolute atomic E-state index is 0.0230. The number of benzene rings is 1. The van der Waals surface area contributed by atoms with Crippen molar-refractivity contribution < 1.29 is 9.59 Å². The average molecular weight is 389 g/mol. The van der Waals surface area contributed by atoms with E-state index in [2.05, 4.69) is 20.5 Å². The highest BCUT2D eigenvalue weighted by Gasteiger charge is 2.33. The van der Waals surface area contributed by atoms with Gasteiger partial charge in [-0.2, -0.15) is 5.10 Å². The van der Waals surface area contributed by atoms with Crippen molar-refractivity contribution in [2.75, 3.05) is 11.9 Å². The Morgan fingerprint density at radius 1 is 1.17 bits per heavy atom. The van der Waals surface area contributed by atoms with Crippen LogP contribution < -0.4 is 5.32 Å². The highest BCUT2D eigenvalue weighted by atomic mass is 16.2. The van der Waals surface area contributed by atoms with Crippen molar-refractivity contribution in [3.63, 3.8) is 0 Å². The Bertz CT molecular complexity index is 1020. The summed E-state index contributed by atoms with van der Waals surface area (Å²) < 4.78 is 0. The Hall–Kier alpha value is -3.48. The van der Waals surface area contributed by atoms with E-state index >= 15 is 0 Å². The lowest BCUT2D eigenvalue weighted by Crippen LogP contribution is -2.31. The van der Waals surface area contributed by atoms with E-state index < -0.39 is 0 Å². The van der Waals surface area contributed by atoms with Crippen molar-refractivity contribution in [3.8, 4) is 0 Å². The average Bonchev–Trinajstić information content (AvgIpc) is 3.34. The molecule has 1 saturated heterocycles. The maximum absolute atomic E-state index is 13.3. The van der Waals surface area contributed by atoms with Crippen molar-refractivity contribution in [1.82, 2.24) is 20.1 Å². The van der Waals surface area contributed by atoms with Crippen LogP contribution in [-0.4, -0.2) is 38.4 Å². The summed E-state index contributed by atoms with van der Waals surface area (Å²) in [6.07, 6.45) is 5.00. The molecule has 0 aliphatic carbocycles. The van der Waals surface area contributed by atoms with Gasteiger partial charge < -0.3 is 10.2 Å². The molecule has 1 aliphatic rings. The summed E-state index contributed by atoms with van der Waals surface area (Å²) in [6.45, 7) is 4.67. The molecule has 2 N–H and O–H groups in total. The number of anilines is 1. The molecule has 7 nitrogen and oxygen atoms in total. The minimum Gasteiger partial charge on any atom is -0.331 e. The van der Waals surface area contributed by atoms with Gasteiger partial charge in [0, 0.05) is 41.4 Å². The molecule has 2 amide bonds. The van der Waals surface area contributed by atoms with Crippen LogP contribution in [0.1, 0.15) is 56.6 Å². The lowest BCUT2D eigenvalue weighted by Gasteiger charge is -2.25. The van der Waals surface area contributed by atoms with E-state index in [4.69, 9.17) is 0 Å². The van der Waals surface area contributed by atoms with Crippen LogP contribution in [0.2, 0.25) is 0 Å². The second-order valence-electron chi connectivity index (χ2n) is 7.28. The number of aromatic amines is 1. The maximum atomic E-state index is 13.3. The molecule has 0 saturated carbocycles. The van der Waals surface area contributed by atoms with E-state index in [9.17, 15) is 9.59 Å². The topological polar surface area (TPSA) is 91.0 Å². The molecule has 148 valence electrons. The summed E-state index contributed by atoms with van der Waals surface area (Å²) in [6, 6.07) is 10.5. The standard InChI is InChI=1S/C22H23N5O2/c1-14-20(15(2)26-25-14)19-9-5-11-27(19)22(29)16-6-3-8-18(12-16)24-21(28)17-7-4-10-23-13-17/h3-4,6-8,10,12-13,19H,5,9,11H2,1-2H3,(H,24,28)(H,25,26). The lowest BCUT2D eigenvalue weighted by molar-refractivity contribution is 0.0735. The fourth-order valence-corrected chi connectivity index (χ4v) is 3.96. The maximum Gasteiger partial charge on any atom is 0.257 e. The van der Waals surface area contributed by atoms with Gasteiger partial charge >= 0.3 is 0 Å². The van der Waals surface area contributed by atoms with Gasteiger partial charge in [0.25, 0.3) is 11.8 Å². The van der Waals surface area contributed by atoms with Gasteiger partial charge in [-0.15, -0.1) is 0 Å². The quantitative estimate of drug-likeness (QED) is 0.713. The third kappa shape index (κ3) is 3.76. The summed E-state index contributed by atoms with van der Waals surface area (Å²) in [5.74, 6) is -0.295. The van der Waals surface area contributed by atoms with Crippen molar-refractivity contribution in [2.45, 2.75) is 32.7 Å². The normalized spacial score (nSPS) is 16.1. The summed E-state index contributed by atoms with van der Waals surface area (Å²) >= 11 is 0. The van der Waals surface area contributed by atoms with Gasteiger partial charge in [0.05, 0.1) is 17.3 Å². The zero-order valence-corrected chi connectivity index (χ0v) is 16.5. The van der Waals surface area contributed by atoms with Crippen molar-refractivity contribution in [3.05, 3.63) is 76.9 Å². The Kier molecular flexibility index (Phi) is 5.12. The second-order valence-corrected chi connectivity index (χ2v) is 7.28. The molecule has 1 atom stereocenters. The molecule has 7 heteroatoms. The van der Waals surface area contributed by atoms with E-state index in [-0.39, 0.29) is 17.9 Å². The number of carbonyl (C=O) groups is 2. The number of hydrogen-bond acceptors (Lipinski definition) is 4. The number of hydrogen-bond donors (Lipinski definition) is 2. The van der Waals surface area contributed by atoms with Crippen LogP contribution in [0.3, 0.4) is 0 Å².